The van der Waals surface area contributed by atoms with Crippen LogP contribution in [0.5, 0.6) is 0 Å². The third kappa shape index (κ3) is 3.55. The van der Waals surface area contributed by atoms with E-state index in [1.807, 2.05) is 18.7 Å². The van der Waals surface area contributed by atoms with Gasteiger partial charge in [0.05, 0.1) is 5.56 Å². The molecule has 0 bridgehead atoms. The maximum atomic E-state index is 12.7. The van der Waals surface area contributed by atoms with Crippen molar-refractivity contribution in [3.05, 3.63) is 29.3 Å². The Labute approximate surface area is 115 Å². The van der Waals surface area contributed by atoms with Crippen molar-refractivity contribution in [1.82, 2.24) is 0 Å². The van der Waals surface area contributed by atoms with Crippen molar-refractivity contribution in [2.75, 3.05) is 18.0 Å². The average Bonchev–Trinajstić information content (AvgIpc) is 2.42. The molecule has 20 heavy (non-hydrogen) atoms. The molecule has 0 saturated heterocycles. The number of alkyl halides is 3. The lowest BCUT2D eigenvalue weighted by Crippen LogP contribution is -2.27. The van der Waals surface area contributed by atoms with Gasteiger partial charge in [0.1, 0.15) is 0 Å². The third-order valence-electron chi connectivity index (χ3n) is 2.92. The fourth-order valence-corrected chi connectivity index (χ4v) is 1.97. The molecule has 0 radical (unpaired) electrons. The summed E-state index contributed by atoms with van der Waals surface area (Å²) < 4.78 is 38.2. The zero-order valence-corrected chi connectivity index (χ0v) is 11.4. The normalized spacial score (nSPS) is 12.6. The van der Waals surface area contributed by atoms with E-state index in [2.05, 4.69) is 5.16 Å². The van der Waals surface area contributed by atoms with E-state index < -0.39 is 11.7 Å². The van der Waals surface area contributed by atoms with Crippen LogP contribution in [-0.2, 0) is 6.18 Å². The minimum atomic E-state index is -4.47. The molecular formula is C13H18F3N3O. The van der Waals surface area contributed by atoms with Crippen LogP contribution in [0.15, 0.2) is 23.4 Å². The Morgan fingerprint density at radius 3 is 2.45 bits per heavy atom. The van der Waals surface area contributed by atoms with Crippen molar-refractivity contribution >= 4 is 11.5 Å². The van der Waals surface area contributed by atoms with Crippen LogP contribution in [0.3, 0.4) is 0 Å². The number of halogens is 3. The van der Waals surface area contributed by atoms with Crippen LogP contribution in [0.25, 0.3) is 0 Å². The first-order chi connectivity index (χ1) is 9.35. The molecule has 0 atom stereocenters. The van der Waals surface area contributed by atoms with Crippen molar-refractivity contribution in [3.8, 4) is 0 Å². The van der Waals surface area contributed by atoms with E-state index in [1.165, 1.54) is 6.07 Å². The van der Waals surface area contributed by atoms with Gasteiger partial charge in [0, 0.05) is 24.3 Å². The summed E-state index contributed by atoms with van der Waals surface area (Å²) in [5.74, 6) is -0.333. The van der Waals surface area contributed by atoms with Crippen molar-refractivity contribution in [3.63, 3.8) is 0 Å². The molecule has 0 aliphatic heterocycles. The standard InChI is InChI=1S/C13H18F3N3O/c1-3-7-19(4-2)11-6-5-9(13(14,15)16)8-10(11)12(17)18-20/h5-6,8,20H,3-4,7H2,1-2H3,(H2,17,18). The summed E-state index contributed by atoms with van der Waals surface area (Å²) >= 11 is 0. The molecule has 1 aromatic rings. The number of rotatable bonds is 5. The number of amidine groups is 1. The predicted octanol–water partition coefficient (Wildman–Crippen LogP) is 3.04. The molecule has 1 rings (SSSR count). The smallest absolute Gasteiger partial charge is 0.409 e. The second-order valence-corrected chi connectivity index (χ2v) is 4.29. The first-order valence-corrected chi connectivity index (χ1v) is 6.29. The van der Waals surface area contributed by atoms with Crippen LogP contribution in [0.1, 0.15) is 31.4 Å². The fraction of sp³-hybridized carbons (Fsp3) is 0.462. The average molecular weight is 289 g/mol. The van der Waals surface area contributed by atoms with Crippen molar-refractivity contribution in [1.29, 1.82) is 0 Å². The van der Waals surface area contributed by atoms with Gasteiger partial charge in [-0.05, 0) is 31.5 Å². The molecule has 0 aliphatic carbocycles. The summed E-state index contributed by atoms with van der Waals surface area (Å²) in [7, 11) is 0. The van der Waals surface area contributed by atoms with E-state index in [1.54, 1.807) is 0 Å². The number of anilines is 1. The Bertz CT molecular complexity index is 486. The van der Waals surface area contributed by atoms with Crippen LogP contribution in [0.2, 0.25) is 0 Å². The highest BCUT2D eigenvalue weighted by molar-refractivity contribution is 6.02. The van der Waals surface area contributed by atoms with E-state index in [9.17, 15) is 13.2 Å². The van der Waals surface area contributed by atoms with E-state index in [0.29, 0.717) is 18.8 Å². The Kier molecular flexibility index (Phi) is 5.24. The van der Waals surface area contributed by atoms with E-state index in [0.717, 1.165) is 18.6 Å². The molecule has 4 nitrogen and oxygen atoms in total. The van der Waals surface area contributed by atoms with Crippen LogP contribution in [0, 0.1) is 0 Å². The van der Waals surface area contributed by atoms with Gasteiger partial charge in [0.2, 0.25) is 0 Å². The van der Waals surface area contributed by atoms with Crippen molar-refractivity contribution < 1.29 is 18.4 Å². The van der Waals surface area contributed by atoms with Gasteiger partial charge >= 0.3 is 6.18 Å². The summed E-state index contributed by atoms with van der Waals surface area (Å²) in [4.78, 5) is 1.88. The highest BCUT2D eigenvalue weighted by Gasteiger charge is 2.31. The Hall–Kier alpha value is -1.92. The number of oxime groups is 1. The molecule has 0 saturated carbocycles. The fourth-order valence-electron chi connectivity index (χ4n) is 1.97. The Morgan fingerprint density at radius 2 is 2.00 bits per heavy atom. The molecule has 0 spiro atoms. The quantitative estimate of drug-likeness (QED) is 0.379. The summed E-state index contributed by atoms with van der Waals surface area (Å²) in [6.07, 6.45) is -3.63. The lowest BCUT2D eigenvalue weighted by atomic mass is 10.1. The predicted molar refractivity (Wildman–Crippen MR) is 72.1 cm³/mol. The molecule has 0 aliphatic rings. The van der Waals surface area contributed by atoms with E-state index >= 15 is 0 Å². The number of hydrogen-bond donors (Lipinski definition) is 2. The minimum Gasteiger partial charge on any atom is -0.409 e. The molecular weight excluding hydrogens is 271 g/mol. The van der Waals surface area contributed by atoms with Crippen LogP contribution < -0.4 is 10.6 Å². The highest BCUT2D eigenvalue weighted by Crippen LogP contribution is 2.33. The number of nitrogens with zero attached hydrogens (tertiary/aromatic N) is 2. The second-order valence-electron chi connectivity index (χ2n) is 4.29. The minimum absolute atomic E-state index is 0.0811. The Morgan fingerprint density at radius 1 is 1.35 bits per heavy atom. The lowest BCUT2D eigenvalue weighted by molar-refractivity contribution is -0.137. The molecule has 3 N–H and O–H groups in total. The summed E-state index contributed by atoms with van der Waals surface area (Å²) in [6.45, 7) is 5.15. The van der Waals surface area contributed by atoms with E-state index in [-0.39, 0.29) is 11.4 Å². The maximum absolute atomic E-state index is 12.7. The number of nitrogens with two attached hydrogens (primary N) is 1. The monoisotopic (exact) mass is 289 g/mol. The van der Waals surface area contributed by atoms with Gasteiger partial charge in [0.25, 0.3) is 0 Å². The zero-order chi connectivity index (χ0) is 15.3. The lowest BCUT2D eigenvalue weighted by Gasteiger charge is -2.25. The molecule has 0 heterocycles. The third-order valence-corrected chi connectivity index (χ3v) is 2.92. The van der Waals surface area contributed by atoms with Crippen LogP contribution in [0.4, 0.5) is 18.9 Å². The van der Waals surface area contributed by atoms with Gasteiger partial charge in [-0.25, -0.2) is 0 Å². The van der Waals surface area contributed by atoms with Gasteiger partial charge in [-0.2, -0.15) is 13.2 Å². The first-order valence-electron chi connectivity index (χ1n) is 6.29. The molecule has 112 valence electrons. The van der Waals surface area contributed by atoms with Crippen LogP contribution >= 0.6 is 0 Å². The maximum Gasteiger partial charge on any atom is 0.416 e. The molecule has 0 aromatic heterocycles. The summed E-state index contributed by atoms with van der Waals surface area (Å²) in [5, 5.41) is 11.6. The van der Waals surface area contributed by atoms with Gasteiger partial charge in [-0.15, -0.1) is 0 Å². The Balaban J connectivity index is 3.37. The molecule has 0 amide bonds. The van der Waals surface area contributed by atoms with Gasteiger partial charge < -0.3 is 15.8 Å². The second kappa shape index (κ2) is 6.49. The van der Waals surface area contributed by atoms with E-state index in [4.69, 9.17) is 10.9 Å². The largest absolute Gasteiger partial charge is 0.416 e. The highest BCUT2D eigenvalue weighted by atomic mass is 19.4. The molecule has 0 unspecified atom stereocenters. The van der Waals surface area contributed by atoms with Crippen LogP contribution in [-0.4, -0.2) is 24.1 Å². The number of benzene rings is 1. The summed E-state index contributed by atoms with van der Waals surface area (Å²) in [6, 6.07) is 3.26. The van der Waals surface area contributed by atoms with Gasteiger partial charge in [0.15, 0.2) is 5.84 Å². The van der Waals surface area contributed by atoms with Gasteiger partial charge in [-0.1, -0.05) is 12.1 Å². The van der Waals surface area contributed by atoms with Crippen molar-refractivity contribution in [2.45, 2.75) is 26.4 Å². The summed E-state index contributed by atoms with van der Waals surface area (Å²) in [5.41, 5.74) is 5.28. The van der Waals surface area contributed by atoms with Gasteiger partial charge in [-0.3, -0.25) is 0 Å². The number of hydrogen-bond acceptors (Lipinski definition) is 3. The first kappa shape index (κ1) is 16.1. The van der Waals surface area contributed by atoms with Crippen molar-refractivity contribution in [2.24, 2.45) is 10.9 Å². The topological polar surface area (TPSA) is 61.8 Å². The zero-order valence-electron chi connectivity index (χ0n) is 11.4. The molecule has 1 aromatic carbocycles. The SMILES string of the molecule is CCCN(CC)c1ccc(C(F)(F)F)cc1/C(N)=N/O. The molecule has 0 fully saturated rings. The molecule has 7 heteroatoms.